The summed E-state index contributed by atoms with van der Waals surface area (Å²) in [6, 6.07) is 9.07. The van der Waals surface area contributed by atoms with Gasteiger partial charge in [-0.3, -0.25) is 9.35 Å². The zero-order valence-electron chi connectivity index (χ0n) is 11.4. The molecule has 0 atom stereocenters. The molecule has 116 valence electrons. The minimum Gasteiger partial charge on any atom is -0.497 e. The highest BCUT2D eigenvalue weighted by Crippen LogP contribution is 2.20. The Kier molecular flexibility index (Phi) is 4.43. The molecule has 22 heavy (non-hydrogen) atoms. The number of ether oxygens (including phenoxy) is 1. The maximum absolute atomic E-state index is 13.3. The van der Waals surface area contributed by atoms with E-state index in [1.807, 2.05) is 0 Å². The molecule has 6 nitrogen and oxygen atoms in total. The summed E-state index contributed by atoms with van der Waals surface area (Å²) in [5, 5.41) is 2.41. The average molecular weight is 325 g/mol. The zero-order chi connectivity index (χ0) is 16.3. The molecule has 0 saturated heterocycles. The van der Waals surface area contributed by atoms with Gasteiger partial charge in [-0.25, -0.2) is 4.39 Å². The molecule has 0 aliphatic rings. The molecular formula is C14H12FNO5S. The lowest BCUT2D eigenvalue weighted by Gasteiger charge is -2.08. The van der Waals surface area contributed by atoms with E-state index in [1.165, 1.54) is 25.3 Å². The molecule has 0 saturated carbocycles. The first kappa shape index (κ1) is 15.9. The van der Waals surface area contributed by atoms with E-state index < -0.39 is 26.7 Å². The highest BCUT2D eigenvalue weighted by atomic mass is 32.2. The average Bonchev–Trinajstić information content (AvgIpc) is 2.48. The van der Waals surface area contributed by atoms with E-state index in [4.69, 9.17) is 9.29 Å². The molecule has 0 spiro atoms. The van der Waals surface area contributed by atoms with E-state index in [-0.39, 0.29) is 5.69 Å². The van der Waals surface area contributed by atoms with Crippen molar-refractivity contribution in [3.05, 3.63) is 53.8 Å². The van der Waals surface area contributed by atoms with Crippen molar-refractivity contribution in [1.82, 2.24) is 0 Å². The first-order chi connectivity index (χ1) is 10.3. The molecule has 2 N–H and O–H groups in total. The number of hydrogen-bond donors (Lipinski definition) is 2. The number of halogens is 1. The van der Waals surface area contributed by atoms with E-state index in [0.29, 0.717) is 11.3 Å². The van der Waals surface area contributed by atoms with Gasteiger partial charge in [0.1, 0.15) is 16.5 Å². The smallest absolute Gasteiger partial charge is 0.297 e. The third-order valence-corrected chi connectivity index (χ3v) is 3.69. The molecule has 0 fully saturated rings. The minimum absolute atomic E-state index is 0.0369. The third kappa shape index (κ3) is 3.60. The summed E-state index contributed by atoms with van der Waals surface area (Å²) in [5.41, 5.74) is 0.341. The topological polar surface area (TPSA) is 92.7 Å². The van der Waals surface area contributed by atoms with Crippen LogP contribution in [0.5, 0.6) is 5.75 Å². The molecule has 0 radical (unpaired) electrons. The first-order valence-corrected chi connectivity index (χ1v) is 7.47. The van der Waals surface area contributed by atoms with E-state index in [0.717, 1.165) is 12.1 Å². The highest BCUT2D eigenvalue weighted by Gasteiger charge is 2.17. The largest absolute Gasteiger partial charge is 0.497 e. The molecule has 2 rings (SSSR count). The van der Waals surface area contributed by atoms with E-state index in [2.05, 4.69) is 5.32 Å². The van der Waals surface area contributed by atoms with Crippen LogP contribution in [0, 0.1) is 5.82 Å². The van der Waals surface area contributed by atoms with Gasteiger partial charge in [0.15, 0.2) is 0 Å². The Balaban J connectivity index is 2.25. The number of rotatable bonds is 4. The standard InChI is InChI=1S/C14H12FNO5S/c1-21-11-5-2-9(3-6-11)14(17)16-10-4-7-12(15)13(8-10)22(18,19)20/h2-8H,1H3,(H,16,17)(H,18,19,20). The van der Waals surface area contributed by atoms with Gasteiger partial charge in [-0.15, -0.1) is 0 Å². The van der Waals surface area contributed by atoms with Crippen molar-refractivity contribution in [2.75, 3.05) is 12.4 Å². The number of carbonyl (C=O) groups is 1. The van der Waals surface area contributed by atoms with Gasteiger partial charge in [0.05, 0.1) is 7.11 Å². The summed E-state index contributed by atoms with van der Waals surface area (Å²) >= 11 is 0. The maximum atomic E-state index is 13.3. The van der Waals surface area contributed by atoms with E-state index in [9.17, 15) is 17.6 Å². The van der Waals surface area contributed by atoms with E-state index >= 15 is 0 Å². The van der Waals surface area contributed by atoms with Crippen LogP contribution in [0.15, 0.2) is 47.4 Å². The Morgan fingerprint density at radius 1 is 1.18 bits per heavy atom. The molecular weight excluding hydrogens is 313 g/mol. The Hall–Kier alpha value is -2.45. The van der Waals surface area contributed by atoms with Gasteiger partial charge in [-0.05, 0) is 42.5 Å². The lowest BCUT2D eigenvalue weighted by molar-refractivity contribution is 0.102. The van der Waals surface area contributed by atoms with Gasteiger partial charge >= 0.3 is 0 Å². The molecule has 2 aromatic rings. The number of benzene rings is 2. The minimum atomic E-state index is -4.71. The van der Waals surface area contributed by atoms with Crippen LogP contribution in [-0.2, 0) is 10.1 Å². The Labute approximate surface area is 126 Å². The Bertz CT molecular complexity index is 802. The SMILES string of the molecule is COc1ccc(C(=O)Nc2ccc(F)c(S(=O)(=O)O)c2)cc1. The van der Waals surface area contributed by atoms with Crippen LogP contribution in [0.1, 0.15) is 10.4 Å². The normalized spacial score (nSPS) is 11.0. The van der Waals surface area contributed by atoms with Crippen molar-refractivity contribution in [3.8, 4) is 5.75 Å². The Morgan fingerprint density at radius 3 is 2.36 bits per heavy atom. The summed E-state index contributed by atoms with van der Waals surface area (Å²) in [4.78, 5) is 11.1. The second-order valence-corrected chi connectivity index (χ2v) is 5.69. The van der Waals surface area contributed by atoms with Crippen LogP contribution in [-0.4, -0.2) is 26.0 Å². The summed E-state index contributed by atoms with van der Waals surface area (Å²) in [7, 11) is -3.22. The molecule has 0 aromatic heterocycles. The van der Waals surface area contributed by atoms with Gasteiger partial charge < -0.3 is 10.1 Å². The van der Waals surface area contributed by atoms with Crippen LogP contribution in [0.4, 0.5) is 10.1 Å². The number of methoxy groups -OCH3 is 1. The van der Waals surface area contributed by atoms with Gasteiger partial charge in [-0.1, -0.05) is 0 Å². The number of anilines is 1. The first-order valence-electron chi connectivity index (χ1n) is 6.03. The van der Waals surface area contributed by atoms with Crippen molar-refractivity contribution in [2.45, 2.75) is 4.90 Å². The lowest BCUT2D eigenvalue weighted by atomic mass is 10.2. The van der Waals surface area contributed by atoms with Crippen LogP contribution >= 0.6 is 0 Å². The predicted molar refractivity (Wildman–Crippen MR) is 77.2 cm³/mol. The molecule has 0 heterocycles. The molecule has 0 aliphatic carbocycles. The number of hydrogen-bond acceptors (Lipinski definition) is 4. The molecule has 0 unspecified atom stereocenters. The number of nitrogens with one attached hydrogen (secondary N) is 1. The number of carbonyl (C=O) groups excluding carboxylic acids is 1. The highest BCUT2D eigenvalue weighted by molar-refractivity contribution is 7.85. The molecule has 8 heteroatoms. The van der Waals surface area contributed by atoms with Crippen molar-refractivity contribution < 1.29 is 26.9 Å². The summed E-state index contributed by atoms with van der Waals surface area (Å²) < 4.78 is 49.3. The van der Waals surface area contributed by atoms with E-state index in [1.54, 1.807) is 12.1 Å². The van der Waals surface area contributed by atoms with Crippen molar-refractivity contribution in [3.63, 3.8) is 0 Å². The maximum Gasteiger partial charge on any atom is 0.297 e. The molecule has 1 amide bonds. The fourth-order valence-corrected chi connectivity index (χ4v) is 2.31. The second-order valence-electron chi connectivity index (χ2n) is 4.30. The molecule has 0 bridgehead atoms. The third-order valence-electron chi connectivity index (χ3n) is 2.82. The van der Waals surface area contributed by atoms with Crippen LogP contribution < -0.4 is 10.1 Å². The van der Waals surface area contributed by atoms with Gasteiger partial charge in [0, 0.05) is 11.3 Å². The van der Waals surface area contributed by atoms with Crippen molar-refractivity contribution >= 4 is 21.7 Å². The van der Waals surface area contributed by atoms with Gasteiger partial charge in [-0.2, -0.15) is 8.42 Å². The van der Waals surface area contributed by atoms with Crippen molar-refractivity contribution in [1.29, 1.82) is 0 Å². The predicted octanol–water partition coefficient (Wildman–Crippen LogP) is 2.33. The monoisotopic (exact) mass is 325 g/mol. The number of amides is 1. The van der Waals surface area contributed by atoms with Crippen LogP contribution in [0.2, 0.25) is 0 Å². The van der Waals surface area contributed by atoms with Crippen LogP contribution in [0.25, 0.3) is 0 Å². The molecule has 0 aliphatic heterocycles. The summed E-state index contributed by atoms with van der Waals surface area (Å²) in [6.07, 6.45) is 0. The summed E-state index contributed by atoms with van der Waals surface area (Å²) in [5.74, 6) is -1.05. The van der Waals surface area contributed by atoms with Gasteiger partial charge in [0.2, 0.25) is 0 Å². The fraction of sp³-hybridized carbons (Fsp3) is 0.0714. The Morgan fingerprint density at radius 2 is 1.82 bits per heavy atom. The summed E-state index contributed by atoms with van der Waals surface area (Å²) in [6.45, 7) is 0. The van der Waals surface area contributed by atoms with Crippen LogP contribution in [0.3, 0.4) is 0 Å². The lowest BCUT2D eigenvalue weighted by Crippen LogP contribution is -2.12. The fourth-order valence-electron chi connectivity index (χ4n) is 1.72. The van der Waals surface area contributed by atoms with Crippen molar-refractivity contribution in [2.24, 2.45) is 0 Å². The van der Waals surface area contributed by atoms with Gasteiger partial charge in [0.25, 0.3) is 16.0 Å². The quantitative estimate of drug-likeness (QED) is 0.842. The second kappa shape index (κ2) is 6.12. The zero-order valence-corrected chi connectivity index (χ0v) is 12.2. The molecule has 2 aromatic carbocycles.